The average Bonchev–Trinajstić information content (AvgIpc) is 2.77. The third kappa shape index (κ3) is 2.99. The standard InChI is InChI=1S/C17H24N2O3/c1-12-5-6-14(13(2)11-12)19-15(20)7-8-17(19,3)16(21)18-9-10-22-4/h5-6,11H,7-10H2,1-4H3,(H,18,21)/t17-/m0/s1. The molecule has 0 radical (unpaired) electrons. The van der Waals surface area contributed by atoms with Gasteiger partial charge in [0.1, 0.15) is 5.54 Å². The fourth-order valence-electron chi connectivity index (χ4n) is 2.98. The topological polar surface area (TPSA) is 58.6 Å². The molecule has 0 spiro atoms. The highest BCUT2D eigenvalue weighted by Gasteiger charge is 2.48. The molecule has 1 N–H and O–H groups in total. The van der Waals surface area contributed by atoms with E-state index in [1.807, 2.05) is 39.0 Å². The molecule has 2 rings (SSSR count). The molecule has 22 heavy (non-hydrogen) atoms. The molecule has 5 nitrogen and oxygen atoms in total. The Morgan fingerprint density at radius 1 is 1.41 bits per heavy atom. The number of rotatable bonds is 5. The van der Waals surface area contributed by atoms with Gasteiger partial charge in [0.15, 0.2) is 0 Å². The maximum atomic E-state index is 12.6. The van der Waals surface area contributed by atoms with Crippen molar-refractivity contribution in [3.63, 3.8) is 0 Å². The minimum atomic E-state index is -0.842. The van der Waals surface area contributed by atoms with Gasteiger partial charge in [-0.15, -0.1) is 0 Å². The summed E-state index contributed by atoms with van der Waals surface area (Å²) < 4.78 is 4.96. The molecule has 1 heterocycles. The summed E-state index contributed by atoms with van der Waals surface area (Å²) in [7, 11) is 1.59. The highest BCUT2D eigenvalue weighted by molar-refractivity contribution is 6.06. The summed E-state index contributed by atoms with van der Waals surface area (Å²) in [5, 5.41) is 2.86. The van der Waals surface area contributed by atoms with E-state index in [1.54, 1.807) is 12.0 Å². The number of methoxy groups -OCH3 is 1. The van der Waals surface area contributed by atoms with Gasteiger partial charge < -0.3 is 10.1 Å². The number of nitrogens with zero attached hydrogens (tertiary/aromatic N) is 1. The van der Waals surface area contributed by atoms with Crippen LogP contribution in [0.3, 0.4) is 0 Å². The van der Waals surface area contributed by atoms with Gasteiger partial charge in [-0.25, -0.2) is 0 Å². The molecule has 0 unspecified atom stereocenters. The lowest BCUT2D eigenvalue weighted by Crippen LogP contribution is -2.55. The summed E-state index contributed by atoms with van der Waals surface area (Å²) >= 11 is 0. The summed E-state index contributed by atoms with van der Waals surface area (Å²) in [6.07, 6.45) is 0.916. The molecule has 0 aliphatic carbocycles. The molecule has 0 bridgehead atoms. The summed E-state index contributed by atoms with van der Waals surface area (Å²) in [5.74, 6) is -0.133. The molecule has 1 aromatic carbocycles. The highest BCUT2D eigenvalue weighted by Crippen LogP contribution is 2.37. The number of nitrogens with one attached hydrogen (secondary N) is 1. The molecule has 5 heteroatoms. The highest BCUT2D eigenvalue weighted by atomic mass is 16.5. The van der Waals surface area contributed by atoms with Crippen LogP contribution in [0.4, 0.5) is 5.69 Å². The van der Waals surface area contributed by atoms with Crippen LogP contribution < -0.4 is 10.2 Å². The molecule has 1 atom stereocenters. The van der Waals surface area contributed by atoms with E-state index in [9.17, 15) is 9.59 Å². The Bertz CT molecular complexity index is 585. The Hall–Kier alpha value is -1.88. The number of anilines is 1. The molecular formula is C17H24N2O3. The predicted octanol–water partition coefficient (Wildman–Crippen LogP) is 1.95. The number of hydrogen-bond donors (Lipinski definition) is 1. The lowest BCUT2D eigenvalue weighted by atomic mass is 9.96. The minimum absolute atomic E-state index is 0.00338. The van der Waals surface area contributed by atoms with Crippen molar-refractivity contribution in [1.29, 1.82) is 0 Å². The Balaban J connectivity index is 2.30. The molecule has 120 valence electrons. The van der Waals surface area contributed by atoms with Crippen LogP contribution in [-0.2, 0) is 14.3 Å². The number of hydrogen-bond acceptors (Lipinski definition) is 3. The first-order chi connectivity index (χ1) is 10.4. The van der Waals surface area contributed by atoms with E-state index in [-0.39, 0.29) is 11.8 Å². The van der Waals surface area contributed by atoms with Gasteiger partial charge in [0.25, 0.3) is 0 Å². The second-order valence-corrected chi connectivity index (χ2v) is 6.04. The average molecular weight is 304 g/mol. The monoisotopic (exact) mass is 304 g/mol. The van der Waals surface area contributed by atoms with Gasteiger partial charge in [0, 0.05) is 25.8 Å². The smallest absolute Gasteiger partial charge is 0.246 e. The molecule has 1 aliphatic rings. The maximum Gasteiger partial charge on any atom is 0.246 e. The van der Waals surface area contributed by atoms with Gasteiger partial charge >= 0.3 is 0 Å². The Morgan fingerprint density at radius 2 is 2.14 bits per heavy atom. The van der Waals surface area contributed by atoms with Crippen molar-refractivity contribution in [2.24, 2.45) is 0 Å². The summed E-state index contributed by atoms with van der Waals surface area (Å²) in [6.45, 7) is 6.72. The van der Waals surface area contributed by atoms with E-state index >= 15 is 0 Å². The summed E-state index contributed by atoms with van der Waals surface area (Å²) in [6, 6.07) is 5.93. The third-order valence-corrected chi connectivity index (χ3v) is 4.24. The molecule has 2 amide bonds. The lowest BCUT2D eigenvalue weighted by Gasteiger charge is -2.35. The van der Waals surface area contributed by atoms with Crippen molar-refractivity contribution >= 4 is 17.5 Å². The minimum Gasteiger partial charge on any atom is -0.383 e. The van der Waals surface area contributed by atoms with E-state index in [1.165, 1.54) is 0 Å². The van der Waals surface area contributed by atoms with Crippen LogP contribution in [0.15, 0.2) is 18.2 Å². The summed E-state index contributed by atoms with van der Waals surface area (Å²) in [4.78, 5) is 26.6. The van der Waals surface area contributed by atoms with Crippen LogP contribution in [0.1, 0.15) is 30.9 Å². The van der Waals surface area contributed by atoms with Crippen molar-refractivity contribution in [3.05, 3.63) is 29.3 Å². The fourth-order valence-corrected chi connectivity index (χ4v) is 2.98. The van der Waals surface area contributed by atoms with E-state index < -0.39 is 5.54 Å². The number of carbonyl (C=O) groups is 2. The second kappa shape index (κ2) is 6.48. The van der Waals surface area contributed by atoms with E-state index in [0.717, 1.165) is 16.8 Å². The largest absolute Gasteiger partial charge is 0.383 e. The predicted molar refractivity (Wildman–Crippen MR) is 85.9 cm³/mol. The van der Waals surface area contributed by atoms with Gasteiger partial charge in [0.2, 0.25) is 11.8 Å². The number of aryl methyl sites for hydroxylation is 2. The summed E-state index contributed by atoms with van der Waals surface area (Å²) in [5.41, 5.74) is 2.12. The number of carbonyl (C=O) groups excluding carboxylic acids is 2. The van der Waals surface area contributed by atoms with Gasteiger partial charge in [-0.1, -0.05) is 17.7 Å². The van der Waals surface area contributed by atoms with E-state index in [2.05, 4.69) is 5.32 Å². The van der Waals surface area contributed by atoms with Crippen molar-refractivity contribution in [1.82, 2.24) is 5.32 Å². The van der Waals surface area contributed by atoms with Gasteiger partial charge in [0.05, 0.1) is 6.61 Å². The van der Waals surface area contributed by atoms with Gasteiger partial charge in [-0.3, -0.25) is 14.5 Å². The number of amides is 2. The van der Waals surface area contributed by atoms with Crippen LogP contribution in [0.2, 0.25) is 0 Å². The molecule has 1 saturated heterocycles. The van der Waals surface area contributed by atoms with Crippen LogP contribution in [0.5, 0.6) is 0 Å². The van der Waals surface area contributed by atoms with E-state index in [4.69, 9.17) is 4.74 Å². The molecule has 1 aromatic rings. The fraction of sp³-hybridized carbons (Fsp3) is 0.529. The zero-order chi connectivity index (χ0) is 16.3. The zero-order valence-corrected chi connectivity index (χ0v) is 13.7. The second-order valence-electron chi connectivity index (χ2n) is 6.04. The quantitative estimate of drug-likeness (QED) is 0.846. The van der Waals surface area contributed by atoms with Crippen LogP contribution in [0.25, 0.3) is 0 Å². The van der Waals surface area contributed by atoms with Crippen molar-refractivity contribution < 1.29 is 14.3 Å². The van der Waals surface area contributed by atoms with Crippen molar-refractivity contribution in [3.8, 4) is 0 Å². The zero-order valence-electron chi connectivity index (χ0n) is 13.7. The molecule has 1 aliphatic heterocycles. The van der Waals surface area contributed by atoms with Crippen molar-refractivity contribution in [2.75, 3.05) is 25.2 Å². The SMILES string of the molecule is COCCNC(=O)[C@]1(C)CCC(=O)N1c1ccc(C)cc1C. The first-order valence-corrected chi connectivity index (χ1v) is 7.57. The Morgan fingerprint density at radius 3 is 2.77 bits per heavy atom. The van der Waals surface area contributed by atoms with Gasteiger partial charge in [-0.2, -0.15) is 0 Å². The molecular weight excluding hydrogens is 280 g/mol. The molecule has 1 fully saturated rings. The molecule has 0 saturated carbocycles. The lowest BCUT2D eigenvalue weighted by molar-refractivity contribution is -0.127. The van der Waals surface area contributed by atoms with Crippen LogP contribution >= 0.6 is 0 Å². The maximum absolute atomic E-state index is 12.6. The van der Waals surface area contributed by atoms with E-state index in [0.29, 0.717) is 26.0 Å². The van der Waals surface area contributed by atoms with Crippen molar-refractivity contribution in [2.45, 2.75) is 39.2 Å². The Labute approximate surface area is 131 Å². The number of ether oxygens (including phenoxy) is 1. The number of benzene rings is 1. The van der Waals surface area contributed by atoms with Crippen LogP contribution in [-0.4, -0.2) is 37.6 Å². The third-order valence-electron chi connectivity index (χ3n) is 4.24. The normalized spacial score (nSPS) is 21.3. The molecule has 0 aromatic heterocycles. The first kappa shape index (κ1) is 16.5. The van der Waals surface area contributed by atoms with Gasteiger partial charge in [-0.05, 0) is 38.8 Å². The Kier molecular flexibility index (Phi) is 4.86. The first-order valence-electron chi connectivity index (χ1n) is 7.57. The van der Waals surface area contributed by atoms with Crippen LogP contribution in [0, 0.1) is 13.8 Å².